The van der Waals surface area contributed by atoms with Crippen molar-refractivity contribution in [1.29, 1.82) is 0 Å². The van der Waals surface area contributed by atoms with Gasteiger partial charge in [0, 0.05) is 10.0 Å². The van der Waals surface area contributed by atoms with Crippen LogP contribution in [-0.2, 0) is 21.6 Å². The van der Waals surface area contributed by atoms with Crippen molar-refractivity contribution < 1.29 is 22.3 Å². The Labute approximate surface area is 128 Å². The highest BCUT2D eigenvalue weighted by Gasteiger charge is 2.20. The van der Waals surface area contributed by atoms with E-state index in [0.29, 0.717) is 11.1 Å². The lowest BCUT2D eigenvalue weighted by atomic mass is 10.1. The van der Waals surface area contributed by atoms with Crippen LogP contribution in [0.4, 0.5) is 0 Å². The van der Waals surface area contributed by atoms with Crippen molar-refractivity contribution in [3.05, 3.63) is 33.8 Å². The van der Waals surface area contributed by atoms with Crippen LogP contribution in [0.25, 0.3) is 0 Å². The molecule has 0 aliphatic carbocycles. The van der Waals surface area contributed by atoms with Crippen molar-refractivity contribution in [2.24, 2.45) is 0 Å². The fourth-order valence-corrected chi connectivity index (χ4v) is 2.15. The van der Waals surface area contributed by atoms with E-state index in [1.54, 1.807) is 0 Å². The lowest BCUT2D eigenvalue weighted by molar-refractivity contribution is 0.381. The summed E-state index contributed by atoms with van der Waals surface area (Å²) in [6.07, 6.45) is 5.14. The molecular weight excluding hydrogens is 327 g/mol. The van der Waals surface area contributed by atoms with Crippen molar-refractivity contribution in [2.75, 3.05) is 6.61 Å². The highest BCUT2D eigenvalue weighted by atomic mass is 35.5. The second-order valence-electron chi connectivity index (χ2n) is 4.38. The zero-order valence-corrected chi connectivity index (χ0v) is 13.0. The normalized spacial score (nSPS) is 17.3. The van der Waals surface area contributed by atoms with Gasteiger partial charge in [0.2, 0.25) is 0 Å². The summed E-state index contributed by atoms with van der Waals surface area (Å²) in [5, 5.41) is 1.49. The van der Waals surface area contributed by atoms with Gasteiger partial charge in [-0.1, -0.05) is 35.7 Å². The fourth-order valence-electron chi connectivity index (χ4n) is 1.65. The second-order valence-corrected chi connectivity index (χ2v) is 6.12. The van der Waals surface area contributed by atoms with Gasteiger partial charge >= 0.3 is 10.4 Å². The molecule has 1 aliphatic rings. The SMILES string of the molecule is Clc1ccc(CCCCC2CO2)c(Cl)c1.O=S(=O)(O)O. The lowest BCUT2D eigenvalue weighted by Gasteiger charge is -2.04. The maximum Gasteiger partial charge on any atom is 0.394 e. The number of unbranched alkanes of at least 4 members (excludes halogenated alkanes) is 1. The number of epoxide rings is 1. The zero-order chi connectivity index (χ0) is 15.2. The summed E-state index contributed by atoms with van der Waals surface area (Å²) in [7, 11) is -4.67. The van der Waals surface area contributed by atoms with Crippen LogP contribution in [0.1, 0.15) is 24.8 Å². The Kier molecular flexibility index (Phi) is 7.22. The first kappa shape index (κ1) is 17.7. The van der Waals surface area contributed by atoms with Gasteiger partial charge in [-0.2, -0.15) is 8.42 Å². The lowest BCUT2D eigenvalue weighted by Crippen LogP contribution is -1.90. The van der Waals surface area contributed by atoms with Crippen molar-refractivity contribution in [3.63, 3.8) is 0 Å². The van der Waals surface area contributed by atoms with Crippen LogP contribution >= 0.6 is 23.2 Å². The summed E-state index contributed by atoms with van der Waals surface area (Å²) >= 11 is 11.9. The van der Waals surface area contributed by atoms with Gasteiger partial charge in [-0.05, 0) is 37.0 Å². The zero-order valence-electron chi connectivity index (χ0n) is 10.6. The molecule has 1 unspecified atom stereocenters. The molecule has 1 fully saturated rings. The molecule has 2 N–H and O–H groups in total. The molecule has 20 heavy (non-hydrogen) atoms. The number of benzene rings is 1. The molecule has 1 aromatic carbocycles. The average Bonchev–Trinajstić information content (AvgIpc) is 3.08. The second kappa shape index (κ2) is 8.17. The maximum absolute atomic E-state index is 8.74. The van der Waals surface area contributed by atoms with Gasteiger partial charge < -0.3 is 4.74 Å². The number of rotatable bonds is 5. The third kappa shape index (κ3) is 9.52. The van der Waals surface area contributed by atoms with Crippen LogP contribution in [0.5, 0.6) is 0 Å². The van der Waals surface area contributed by atoms with Gasteiger partial charge in [0.1, 0.15) is 0 Å². The van der Waals surface area contributed by atoms with Gasteiger partial charge in [0.25, 0.3) is 0 Å². The minimum Gasteiger partial charge on any atom is -0.373 e. The van der Waals surface area contributed by atoms with Gasteiger partial charge in [0.15, 0.2) is 0 Å². The summed E-state index contributed by atoms with van der Waals surface area (Å²) in [4.78, 5) is 0. The van der Waals surface area contributed by atoms with Crippen molar-refractivity contribution in [3.8, 4) is 0 Å². The number of hydrogen-bond acceptors (Lipinski definition) is 3. The first-order valence-electron chi connectivity index (χ1n) is 6.01. The Morgan fingerprint density at radius 2 is 1.85 bits per heavy atom. The van der Waals surface area contributed by atoms with Gasteiger partial charge in [-0.25, -0.2) is 0 Å². The van der Waals surface area contributed by atoms with Gasteiger partial charge in [-0.3, -0.25) is 9.11 Å². The van der Waals surface area contributed by atoms with E-state index in [0.717, 1.165) is 18.1 Å². The van der Waals surface area contributed by atoms with Crippen LogP contribution in [0.3, 0.4) is 0 Å². The predicted molar refractivity (Wildman–Crippen MR) is 77.9 cm³/mol. The summed E-state index contributed by atoms with van der Waals surface area (Å²) in [6.45, 7) is 0.960. The number of aryl methyl sites for hydroxylation is 1. The van der Waals surface area contributed by atoms with E-state index in [-0.39, 0.29) is 0 Å². The van der Waals surface area contributed by atoms with Crippen molar-refractivity contribution >= 4 is 33.6 Å². The van der Waals surface area contributed by atoms with Crippen molar-refractivity contribution in [2.45, 2.75) is 31.8 Å². The van der Waals surface area contributed by atoms with E-state index < -0.39 is 10.4 Å². The fraction of sp³-hybridized carbons (Fsp3) is 0.500. The summed E-state index contributed by atoms with van der Waals surface area (Å²) < 4.78 is 36.7. The number of ether oxygens (including phenoxy) is 1. The Hall–Kier alpha value is -0.370. The van der Waals surface area contributed by atoms with E-state index in [1.807, 2.05) is 18.2 Å². The molecule has 114 valence electrons. The molecule has 0 bridgehead atoms. The maximum atomic E-state index is 8.74. The van der Waals surface area contributed by atoms with Crippen LogP contribution in [0.2, 0.25) is 10.0 Å². The largest absolute Gasteiger partial charge is 0.394 e. The molecule has 0 radical (unpaired) electrons. The molecule has 0 spiro atoms. The number of halogens is 2. The summed E-state index contributed by atoms with van der Waals surface area (Å²) in [5.41, 5.74) is 1.19. The Morgan fingerprint density at radius 1 is 1.25 bits per heavy atom. The Morgan fingerprint density at radius 3 is 2.35 bits per heavy atom. The van der Waals surface area contributed by atoms with Crippen molar-refractivity contribution in [1.82, 2.24) is 0 Å². The topological polar surface area (TPSA) is 87.1 Å². The minimum absolute atomic E-state index is 0.547. The smallest absolute Gasteiger partial charge is 0.373 e. The molecule has 1 atom stereocenters. The van der Waals surface area contributed by atoms with Crippen LogP contribution < -0.4 is 0 Å². The molecule has 2 rings (SSSR count). The molecule has 0 amide bonds. The van der Waals surface area contributed by atoms with E-state index >= 15 is 0 Å². The first-order chi connectivity index (χ1) is 9.25. The Bertz CT molecular complexity index is 521. The van der Waals surface area contributed by atoms with Gasteiger partial charge in [-0.15, -0.1) is 0 Å². The highest BCUT2D eigenvalue weighted by molar-refractivity contribution is 7.79. The molecule has 1 aliphatic heterocycles. The third-order valence-electron chi connectivity index (χ3n) is 2.64. The standard InChI is InChI=1S/C12H14Cl2O.H2O4S/c13-10-6-5-9(12(14)7-10)3-1-2-4-11-8-15-11;1-5(2,3)4/h5-7,11H,1-4,8H2;(H2,1,2,3,4). The quantitative estimate of drug-likeness (QED) is 0.486. The molecule has 5 nitrogen and oxygen atoms in total. The molecule has 0 aromatic heterocycles. The Balaban J connectivity index is 0.000000347. The highest BCUT2D eigenvalue weighted by Crippen LogP contribution is 2.23. The monoisotopic (exact) mass is 342 g/mol. The van der Waals surface area contributed by atoms with Crippen LogP contribution in [0.15, 0.2) is 18.2 Å². The predicted octanol–water partition coefficient (Wildman–Crippen LogP) is 3.45. The van der Waals surface area contributed by atoms with Gasteiger partial charge in [0.05, 0.1) is 12.7 Å². The molecule has 8 heteroatoms. The number of hydrogen-bond donors (Lipinski definition) is 2. The summed E-state index contributed by atoms with van der Waals surface area (Å²) in [6, 6.07) is 5.72. The van der Waals surface area contributed by atoms with Crippen LogP contribution in [0, 0.1) is 0 Å². The average molecular weight is 343 g/mol. The minimum atomic E-state index is -4.67. The van der Waals surface area contributed by atoms with E-state index in [1.165, 1.54) is 24.8 Å². The molecule has 1 saturated heterocycles. The van der Waals surface area contributed by atoms with E-state index in [4.69, 9.17) is 45.5 Å². The third-order valence-corrected chi connectivity index (χ3v) is 3.23. The molecule has 1 aromatic rings. The molecule has 1 heterocycles. The van der Waals surface area contributed by atoms with E-state index in [9.17, 15) is 0 Å². The van der Waals surface area contributed by atoms with Crippen LogP contribution in [-0.4, -0.2) is 30.2 Å². The first-order valence-corrected chi connectivity index (χ1v) is 8.16. The summed E-state index contributed by atoms with van der Waals surface area (Å²) in [5.74, 6) is 0. The van der Waals surface area contributed by atoms with E-state index in [2.05, 4.69) is 0 Å². The molecule has 0 saturated carbocycles. The molecular formula is C12H16Cl2O5S.